The number of hydrogen-bond acceptors (Lipinski definition) is 3. The van der Waals surface area contributed by atoms with Crippen LogP contribution in [0.4, 0.5) is 4.79 Å². The first kappa shape index (κ1) is 18.0. The number of rotatable bonds is 6. The first-order chi connectivity index (χ1) is 12.5. The zero-order valence-corrected chi connectivity index (χ0v) is 15.0. The van der Waals surface area contributed by atoms with Crippen molar-refractivity contribution in [2.24, 2.45) is 0 Å². The van der Waals surface area contributed by atoms with Gasteiger partial charge in [-0.2, -0.15) is 0 Å². The van der Waals surface area contributed by atoms with Crippen LogP contribution in [0, 0.1) is 0 Å². The molecule has 26 heavy (non-hydrogen) atoms. The minimum absolute atomic E-state index is 0.0324. The molecule has 1 N–H and O–H groups in total. The van der Waals surface area contributed by atoms with Gasteiger partial charge in [0.05, 0.1) is 0 Å². The van der Waals surface area contributed by atoms with Crippen molar-refractivity contribution in [1.29, 1.82) is 0 Å². The monoisotopic (exact) mass is 353 g/mol. The highest BCUT2D eigenvalue weighted by atomic mass is 16.6. The molecule has 0 saturated carbocycles. The van der Waals surface area contributed by atoms with Crippen LogP contribution in [0.2, 0.25) is 0 Å². The Morgan fingerprint density at radius 1 is 1.08 bits per heavy atom. The predicted molar refractivity (Wildman–Crippen MR) is 99.2 cm³/mol. The molecular weight excluding hydrogens is 330 g/mol. The second kappa shape index (κ2) is 7.60. The predicted octanol–water partition coefficient (Wildman–Crippen LogP) is 4.12. The molecule has 5 nitrogen and oxygen atoms in total. The molecule has 0 aromatic heterocycles. The van der Waals surface area contributed by atoms with Gasteiger partial charge in [0.15, 0.2) is 0 Å². The number of carbonyl (C=O) groups is 2. The maximum absolute atomic E-state index is 12.5. The maximum atomic E-state index is 12.5. The van der Waals surface area contributed by atoms with Gasteiger partial charge in [-0.15, -0.1) is 0 Å². The van der Waals surface area contributed by atoms with Crippen molar-refractivity contribution in [3.05, 3.63) is 59.7 Å². The van der Waals surface area contributed by atoms with E-state index in [0.717, 1.165) is 22.3 Å². The molecule has 3 rings (SSSR count). The van der Waals surface area contributed by atoms with Crippen LogP contribution in [0.15, 0.2) is 48.5 Å². The van der Waals surface area contributed by atoms with E-state index in [2.05, 4.69) is 24.3 Å². The number of fused-ring (bicyclic) bond motifs is 3. The van der Waals surface area contributed by atoms with Gasteiger partial charge in [0.25, 0.3) is 0 Å². The fourth-order valence-electron chi connectivity index (χ4n) is 3.49. The van der Waals surface area contributed by atoms with Crippen molar-refractivity contribution < 1.29 is 19.4 Å². The van der Waals surface area contributed by atoms with Gasteiger partial charge in [0.1, 0.15) is 12.6 Å². The number of ether oxygens (including phenoxy) is 1. The molecule has 1 aliphatic rings. The number of hydrogen-bond donors (Lipinski definition) is 1. The summed E-state index contributed by atoms with van der Waals surface area (Å²) in [6.45, 7) is 3.95. The van der Waals surface area contributed by atoms with Crippen molar-refractivity contribution in [1.82, 2.24) is 4.90 Å². The van der Waals surface area contributed by atoms with Gasteiger partial charge >= 0.3 is 12.1 Å². The number of carboxylic acids is 1. The number of amides is 1. The van der Waals surface area contributed by atoms with Crippen LogP contribution < -0.4 is 0 Å². The minimum atomic E-state index is -1.04. The molecule has 0 saturated heterocycles. The van der Waals surface area contributed by atoms with Gasteiger partial charge in [-0.05, 0) is 35.6 Å². The van der Waals surface area contributed by atoms with Crippen LogP contribution in [0.3, 0.4) is 0 Å². The molecule has 0 fully saturated rings. The quantitative estimate of drug-likeness (QED) is 0.848. The van der Waals surface area contributed by atoms with Gasteiger partial charge < -0.3 is 9.84 Å². The summed E-state index contributed by atoms with van der Waals surface area (Å²) >= 11 is 0. The molecule has 5 heteroatoms. The van der Waals surface area contributed by atoms with Gasteiger partial charge in [-0.1, -0.05) is 55.5 Å². The Labute approximate surface area is 153 Å². The third-order valence-corrected chi connectivity index (χ3v) is 4.86. The Morgan fingerprint density at radius 2 is 1.62 bits per heavy atom. The smallest absolute Gasteiger partial charge is 0.410 e. The standard InChI is InChI=1S/C21H23NO4/c1-3-12-22(14(2)20(23)24)21(25)26-13-19-17-10-6-4-8-15(17)16-9-5-7-11-18(16)19/h4-11,14,19H,3,12-13H2,1-2H3,(H,23,24)/t14-/m1/s1. The van der Waals surface area contributed by atoms with Crippen LogP contribution in [0.5, 0.6) is 0 Å². The fraction of sp³-hybridized carbons (Fsp3) is 0.333. The molecule has 1 aliphatic carbocycles. The summed E-state index contributed by atoms with van der Waals surface area (Å²) in [7, 11) is 0. The first-order valence-corrected chi connectivity index (χ1v) is 8.89. The average molecular weight is 353 g/mol. The Kier molecular flexibility index (Phi) is 5.26. The SMILES string of the molecule is CCCN(C(=O)OCC1c2ccccc2-c2ccccc21)[C@H](C)C(=O)O. The summed E-state index contributed by atoms with van der Waals surface area (Å²) in [4.78, 5) is 25.0. The van der Waals surface area contributed by atoms with Crippen molar-refractivity contribution in [2.45, 2.75) is 32.2 Å². The van der Waals surface area contributed by atoms with E-state index in [9.17, 15) is 14.7 Å². The second-order valence-corrected chi connectivity index (χ2v) is 6.51. The summed E-state index contributed by atoms with van der Waals surface area (Å²) in [5.41, 5.74) is 4.59. The summed E-state index contributed by atoms with van der Waals surface area (Å²) < 4.78 is 5.55. The van der Waals surface area contributed by atoms with Gasteiger partial charge in [0.2, 0.25) is 0 Å². The molecule has 0 bridgehead atoms. The Bertz CT molecular complexity index is 772. The van der Waals surface area contributed by atoms with Crippen LogP contribution in [0.1, 0.15) is 37.3 Å². The highest BCUT2D eigenvalue weighted by Gasteiger charge is 2.31. The third kappa shape index (κ3) is 3.29. The van der Waals surface area contributed by atoms with E-state index in [1.54, 1.807) is 0 Å². The minimum Gasteiger partial charge on any atom is -0.480 e. The molecule has 1 amide bonds. The van der Waals surface area contributed by atoms with Crippen LogP contribution >= 0.6 is 0 Å². The molecule has 0 heterocycles. The van der Waals surface area contributed by atoms with E-state index in [-0.39, 0.29) is 12.5 Å². The van der Waals surface area contributed by atoms with E-state index in [0.29, 0.717) is 13.0 Å². The Balaban J connectivity index is 1.79. The third-order valence-electron chi connectivity index (χ3n) is 4.86. The van der Waals surface area contributed by atoms with Crippen LogP contribution in [-0.4, -0.2) is 41.3 Å². The van der Waals surface area contributed by atoms with E-state index >= 15 is 0 Å². The summed E-state index contributed by atoms with van der Waals surface area (Å²) in [5.74, 6) is -1.07. The van der Waals surface area contributed by atoms with Crippen molar-refractivity contribution in [3.63, 3.8) is 0 Å². The zero-order chi connectivity index (χ0) is 18.7. The summed E-state index contributed by atoms with van der Waals surface area (Å²) in [5, 5.41) is 9.22. The number of aliphatic carboxylic acids is 1. The topological polar surface area (TPSA) is 66.8 Å². The second-order valence-electron chi connectivity index (χ2n) is 6.51. The van der Waals surface area contributed by atoms with Gasteiger partial charge in [0, 0.05) is 12.5 Å². The highest BCUT2D eigenvalue weighted by Crippen LogP contribution is 2.44. The molecule has 2 aromatic carbocycles. The lowest BCUT2D eigenvalue weighted by Gasteiger charge is -2.26. The van der Waals surface area contributed by atoms with E-state index < -0.39 is 18.1 Å². The highest BCUT2D eigenvalue weighted by molar-refractivity contribution is 5.80. The number of carbonyl (C=O) groups excluding carboxylic acids is 1. The lowest BCUT2D eigenvalue weighted by molar-refractivity contribution is -0.142. The Hall–Kier alpha value is -2.82. The largest absolute Gasteiger partial charge is 0.480 e. The lowest BCUT2D eigenvalue weighted by Crippen LogP contribution is -2.44. The van der Waals surface area contributed by atoms with E-state index in [1.165, 1.54) is 11.8 Å². The molecule has 0 aliphatic heterocycles. The van der Waals surface area contributed by atoms with Gasteiger partial charge in [-0.25, -0.2) is 9.59 Å². The first-order valence-electron chi connectivity index (χ1n) is 8.89. The van der Waals surface area contributed by atoms with E-state index in [1.807, 2.05) is 31.2 Å². The van der Waals surface area contributed by atoms with E-state index in [4.69, 9.17) is 4.74 Å². The average Bonchev–Trinajstić information content (AvgIpc) is 2.97. The summed E-state index contributed by atoms with van der Waals surface area (Å²) in [6.07, 6.45) is 0.0885. The normalized spacial score (nSPS) is 13.6. The molecule has 136 valence electrons. The molecular formula is C21H23NO4. The number of carboxylic acid groups (broad SMARTS) is 1. The molecule has 0 unspecified atom stereocenters. The molecule has 2 aromatic rings. The van der Waals surface area contributed by atoms with Crippen molar-refractivity contribution in [3.8, 4) is 11.1 Å². The van der Waals surface area contributed by atoms with Crippen LogP contribution in [-0.2, 0) is 9.53 Å². The van der Waals surface area contributed by atoms with Crippen LogP contribution in [0.25, 0.3) is 11.1 Å². The fourth-order valence-corrected chi connectivity index (χ4v) is 3.49. The summed E-state index contributed by atoms with van der Waals surface area (Å²) in [6, 6.07) is 15.3. The maximum Gasteiger partial charge on any atom is 0.410 e. The Morgan fingerprint density at radius 3 is 2.12 bits per heavy atom. The lowest BCUT2D eigenvalue weighted by atomic mass is 9.98. The number of benzene rings is 2. The molecule has 1 atom stereocenters. The van der Waals surface area contributed by atoms with Crippen molar-refractivity contribution in [2.75, 3.05) is 13.2 Å². The number of nitrogens with zero attached hydrogens (tertiary/aromatic N) is 1. The molecule has 0 spiro atoms. The van der Waals surface area contributed by atoms with Crippen molar-refractivity contribution >= 4 is 12.1 Å². The molecule has 0 radical (unpaired) electrons. The zero-order valence-electron chi connectivity index (χ0n) is 15.0. The van der Waals surface area contributed by atoms with Gasteiger partial charge in [-0.3, -0.25) is 4.90 Å².